The van der Waals surface area contributed by atoms with E-state index in [1.54, 1.807) is 0 Å². The molecule has 19 heavy (non-hydrogen) atoms. The summed E-state index contributed by atoms with van der Waals surface area (Å²) in [5, 5.41) is 0. The van der Waals surface area contributed by atoms with Gasteiger partial charge in [0.2, 0.25) is 0 Å². The normalized spacial score (nSPS) is 12.9. The van der Waals surface area contributed by atoms with Gasteiger partial charge in [0.1, 0.15) is 0 Å². The van der Waals surface area contributed by atoms with Crippen molar-refractivity contribution < 1.29 is 4.84 Å². The molecule has 2 aromatic carbocycles. The van der Waals surface area contributed by atoms with E-state index in [0.29, 0.717) is 13.2 Å². The SMILES string of the molecule is Nc1ccc2c(c1)CN=C2NOCc1ccccc1. The Hall–Kier alpha value is -2.33. The van der Waals surface area contributed by atoms with Crippen molar-refractivity contribution in [1.29, 1.82) is 0 Å². The standard InChI is InChI=1S/C15H15N3O/c16-13-6-7-14-12(8-13)9-17-15(14)18-19-10-11-4-2-1-3-5-11/h1-8H,9-10,16H2,(H,17,18). The fourth-order valence-corrected chi connectivity index (χ4v) is 2.07. The number of hydroxylamine groups is 1. The van der Waals surface area contributed by atoms with E-state index >= 15 is 0 Å². The van der Waals surface area contributed by atoms with Gasteiger partial charge in [-0.2, -0.15) is 0 Å². The first-order valence-electron chi connectivity index (χ1n) is 6.18. The highest BCUT2D eigenvalue weighted by atomic mass is 16.6. The molecule has 0 radical (unpaired) electrons. The molecule has 0 bridgehead atoms. The number of benzene rings is 2. The lowest BCUT2D eigenvalue weighted by Crippen LogP contribution is -2.23. The maximum absolute atomic E-state index is 5.75. The number of nitrogen functional groups attached to an aromatic ring is 1. The van der Waals surface area contributed by atoms with Crippen molar-refractivity contribution in [2.24, 2.45) is 4.99 Å². The molecule has 4 nitrogen and oxygen atoms in total. The predicted octanol–water partition coefficient (Wildman–Crippen LogP) is 2.25. The van der Waals surface area contributed by atoms with E-state index in [0.717, 1.165) is 28.2 Å². The molecule has 4 heteroatoms. The van der Waals surface area contributed by atoms with E-state index in [1.807, 2.05) is 48.5 Å². The van der Waals surface area contributed by atoms with E-state index in [9.17, 15) is 0 Å². The molecule has 1 heterocycles. The van der Waals surface area contributed by atoms with Crippen LogP contribution in [0, 0.1) is 0 Å². The zero-order valence-electron chi connectivity index (χ0n) is 10.5. The first-order chi connectivity index (χ1) is 9.33. The molecule has 0 fully saturated rings. The Kier molecular flexibility index (Phi) is 3.16. The van der Waals surface area contributed by atoms with Gasteiger partial charge in [0.05, 0.1) is 13.2 Å². The molecule has 2 aromatic rings. The monoisotopic (exact) mass is 253 g/mol. The Morgan fingerprint density at radius 2 is 2.00 bits per heavy atom. The molecule has 0 spiro atoms. The van der Waals surface area contributed by atoms with Crippen LogP contribution in [0.4, 0.5) is 5.69 Å². The molecule has 0 aromatic heterocycles. The largest absolute Gasteiger partial charge is 0.399 e. The quantitative estimate of drug-likeness (QED) is 0.651. The van der Waals surface area contributed by atoms with Crippen LogP contribution in [0.5, 0.6) is 0 Å². The first kappa shape index (κ1) is 11.7. The molecule has 0 aliphatic carbocycles. The molecule has 1 aliphatic rings. The zero-order chi connectivity index (χ0) is 13.1. The number of fused-ring (bicyclic) bond motifs is 1. The third-order valence-electron chi connectivity index (χ3n) is 3.04. The van der Waals surface area contributed by atoms with Gasteiger partial charge in [0.15, 0.2) is 5.84 Å². The van der Waals surface area contributed by atoms with Gasteiger partial charge in [-0.25, -0.2) is 5.48 Å². The van der Waals surface area contributed by atoms with Crippen molar-refractivity contribution >= 4 is 11.5 Å². The minimum absolute atomic E-state index is 0.504. The van der Waals surface area contributed by atoms with E-state index in [1.165, 1.54) is 0 Å². The molecule has 0 amide bonds. The Labute approximate surface area is 111 Å². The molecule has 0 saturated heterocycles. The molecule has 3 N–H and O–H groups in total. The maximum atomic E-state index is 5.75. The average Bonchev–Trinajstić information content (AvgIpc) is 2.82. The Morgan fingerprint density at radius 1 is 1.16 bits per heavy atom. The van der Waals surface area contributed by atoms with Gasteiger partial charge in [-0.3, -0.25) is 9.83 Å². The average molecular weight is 253 g/mol. The minimum atomic E-state index is 0.504. The predicted molar refractivity (Wildman–Crippen MR) is 75.5 cm³/mol. The number of rotatable bonds is 3. The number of hydrogen-bond acceptors (Lipinski definition) is 4. The van der Waals surface area contributed by atoms with Crippen LogP contribution in [0.15, 0.2) is 53.5 Å². The van der Waals surface area contributed by atoms with Crippen LogP contribution in [0.3, 0.4) is 0 Å². The first-order valence-corrected chi connectivity index (χ1v) is 6.18. The van der Waals surface area contributed by atoms with Gasteiger partial charge in [-0.05, 0) is 29.3 Å². The van der Waals surface area contributed by atoms with Crippen molar-refractivity contribution in [2.75, 3.05) is 5.73 Å². The second kappa shape index (κ2) is 5.12. The van der Waals surface area contributed by atoms with Gasteiger partial charge in [-0.15, -0.1) is 0 Å². The smallest absolute Gasteiger partial charge is 0.153 e. The van der Waals surface area contributed by atoms with Crippen molar-refractivity contribution in [3.63, 3.8) is 0 Å². The number of nitrogens with zero attached hydrogens (tertiary/aromatic N) is 1. The molecule has 0 atom stereocenters. The topological polar surface area (TPSA) is 59.6 Å². The summed E-state index contributed by atoms with van der Waals surface area (Å²) < 4.78 is 0. The van der Waals surface area contributed by atoms with E-state index < -0.39 is 0 Å². The van der Waals surface area contributed by atoms with Crippen LogP contribution < -0.4 is 11.2 Å². The van der Waals surface area contributed by atoms with Crippen molar-refractivity contribution in [1.82, 2.24) is 5.48 Å². The van der Waals surface area contributed by atoms with Gasteiger partial charge < -0.3 is 5.73 Å². The van der Waals surface area contributed by atoms with Crippen molar-refractivity contribution in [2.45, 2.75) is 13.2 Å². The highest BCUT2D eigenvalue weighted by Crippen LogP contribution is 2.20. The number of nitrogens with two attached hydrogens (primary N) is 1. The summed E-state index contributed by atoms with van der Waals surface area (Å²) in [7, 11) is 0. The van der Waals surface area contributed by atoms with Gasteiger partial charge in [0, 0.05) is 11.3 Å². The Bertz CT molecular complexity index is 608. The number of aliphatic imine (C=N–C) groups is 1. The van der Waals surface area contributed by atoms with Crippen LogP contribution in [-0.2, 0) is 18.0 Å². The Morgan fingerprint density at radius 3 is 2.84 bits per heavy atom. The van der Waals surface area contributed by atoms with Crippen LogP contribution in [0.25, 0.3) is 0 Å². The second-order valence-corrected chi connectivity index (χ2v) is 4.46. The zero-order valence-corrected chi connectivity index (χ0v) is 10.5. The fraction of sp³-hybridized carbons (Fsp3) is 0.133. The summed E-state index contributed by atoms with van der Waals surface area (Å²) in [6.07, 6.45) is 0. The molecule has 0 saturated carbocycles. The fourth-order valence-electron chi connectivity index (χ4n) is 2.07. The van der Waals surface area contributed by atoms with Gasteiger partial charge in [-0.1, -0.05) is 30.3 Å². The van der Waals surface area contributed by atoms with Crippen molar-refractivity contribution in [3.05, 3.63) is 65.2 Å². The summed E-state index contributed by atoms with van der Waals surface area (Å²) in [5.41, 5.74) is 12.7. The minimum Gasteiger partial charge on any atom is -0.399 e. The number of nitrogens with one attached hydrogen (secondary N) is 1. The van der Waals surface area contributed by atoms with E-state index in [4.69, 9.17) is 10.6 Å². The van der Waals surface area contributed by atoms with Crippen LogP contribution in [-0.4, -0.2) is 5.84 Å². The van der Waals surface area contributed by atoms with Crippen molar-refractivity contribution in [3.8, 4) is 0 Å². The lowest BCUT2D eigenvalue weighted by molar-refractivity contribution is 0.0716. The van der Waals surface area contributed by atoms with Crippen LogP contribution >= 0.6 is 0 Å². The molecule has 1 aliphatic heterocycles. The van der Waals surface area contributed by atoms with Crippen LogP contribution in [0.1, 0.15) is 16.7 Å². The Balaban J connectivity index is 1.61. The number of amidine groups is 1. The third-order valence-corrected chi connectivity index (χ3v) is 3.04. The molecular formula is C15H15N3O. The third kappa shape index (κ3) is 2.58. The summed E-state index contributed by atoms with van der Waals surface area (Å²) in [4.78, 5) is 9.88. The van der Waals surface area contributed by atoms with Gasteiger partial charge >= 0.3 is 0 Å². The number of hydrogen-bond donors (Lipinski definition) is 2. The van der Waals surface area contributed by atoms with Crippen LogP contribution in [0.2, 0.25) is 0 Å². The number of anilines is 1. The summed E-state index contributed by atoms with van der Waals surface area (Å²) in [5.74, 6) is 0.769. The van der Waals surface area contributed by atoms with E-state index in [2.05, 4.69) is 10.5 Å². The lowest BCUT2D eigenvalue weighted by atomic mass is 10.1. The van der Waals surface area contributed by atoms with Gasteiger partial charge in [0.25, 0.3) is 0 Å². The lowest BCUT2D eigenvalue weighted by Gasteiger charge is -2.08. The highest BCUT2D eigenvalue weighted by molar-refractivity contribution is 6.01. The molecule has 96 valence electrons. The van der Waals surface area contributed by atoms with E-state index in [-0.39, 0.29) is 0 Å². The summed E-state index contributed by atoms with van der Waals surface area (Å²) >= 11 is 0. The second-order valence-electron chi connectivity index (χ2n) is 4.46. The summed E-state index contributed by atoms with van der Waals surface area (Å²) in [6.45, 7) is 1.15. The highest BCUT2D eigenvalue weighted by Gasteiger charge is 2.15. The molecular weight excluding hydrogens is 238 g/mol. The molecule has 0 unspecified atom stereocenters. The summed E-state index contributed by atoms with van der Waals surface area (Å²) in [6, 6.07) is 15.8. The maximum Gasteiger partial charge on any atom is 0.153 e. The molecule has 3 rings (SSSR count).